The first-order chi connectivity index (χ1) is 5.65. The molecule has 0 unspecified atom stereocenters. The van der Waals surface area contributed by atoms with Crippen LogP contribution in [-0.2, 0) is 0 Å². The van der Waals surface area contributed by atoms with Gasteiger partial charge in [0.15, 0.2) is 0 Å². The largest absolute Gasteiger partial charge is 0.508 e. The van der Waals surface area contributed by atoms with Crippen molar-refractivity contribution >= 4 is 28.2 Å². The molecule has 0 saturated heterocycles. The van der Waals surface area contributed by atoms with Crippen LogP contribution < -0.4 is 0 Å². The Kier molecular flexibility index (Phi) is 3.12. The molecule has 0 radical (unpaired) electrons. The molecule has 0 aliphatic carbocycles. The van der Waals surface area contributed by atoms with Crippen LogP contribution in [0.25, 0.3) is 0 Å². The fourth-order valence-corrected chi connectivity index (χ4v) is 1.66. The minimum Gasteiger partial charge on any atom is -0.508 e. The van der Waals surface area contributed by atoms with E-state index in [0.29, 0.717) is 5.75 Å². The van der Waals surface area contributed by atoms with Gasteiger partial charge in [0, 0.05) is 5.56 Å². The molecule has 0 bridgehead atoms. The first-order valence-electron chi connectivity index (χ1n) is 3.53. The predicted octanol–water partition coefficient (Wildman–Crippen LogP) is 2.74. The predicted molar refractivity (Wildman–Crippen MR) is 58.1 cm³/mol. The number of hydrogen-bond acceptors (Lipinski definition) is 3. The van der Waals surface area contributed by atoms with Crippen molar-refractivity contribution in [3.05, 3.63) is 29.3 Å². The van der Waals surface area contributed by atoms with E-state index < -0.39 is 0 Å². The lowest BCUT2D eigenvalue weighted by Crippen LogP contribution is -1.93. The highest BCUT2D eigenvalue weighted by atomic mass is 32.2. The van der Waals surface area contributed by atoms with Crippen LogP contribution in [0.3, 0.4) is 0 Å². The van der Waals surface area contributed by atoms with Crippen molar-refractivity contribution in [2.45, 2.75) is 6.92 Å². The van der Waals surface area contributed by atoms with Gasteiger partial charge in [-0.1, -0.05) is 12.2 Å². The van der Waals surface area contributed by atoms with Gasteiger partial charge >= 0.3 is 0 Å². The average molecular weight is 198 g/mol. The second kappa shape index (κ2) is 3.92. The molecule has 0 aliphatic rings. The summed E-state index contributed by atoms with van der Waals surface area (Å²) in [5, 5.41) is 9.14. The molecule has 1 aromatic carbocycles. The van der Waals surface area contributed by atoms with Gasteiger partial charge in [0.1, 0.15) is 5.75 Å². The number of rotatable bonds is 1. The van der Waals surface area contributed by atoms with Gasteiger partial charge in [-0.05, 0) is 36.9 Å². The third-order valence-electron chi connectivity index (χ3n) is 1.62. The maximum absolute atomic E-state index is 9.14. The van der Waals surface area contributed by atoms with Crippen LogP contribution in [0.2, 0.25) is 0 Å². The minimum atomic E-state index is 0.292. The van der Waals surface area contributed by atoms with E-state index in [2.05, 4.69) is 0 Å². The number of phenolic OH excluding ortho intramolecular Hbond substituents is 1. The zero-order valence-corrected chi connectivity index (χ0v) is 8.63. The molecular weight excluding hydrogens is 188 g/mol. The number of phenols is 1. The molecule has 1 nitrogen and oxygen atoms in total. The number of aryl methyl sites for hydroxylation is 1. The molecule has 0 atom stereocenters. The first-order valence-corrected chi connectivity index (χ1v) is 5.16. The van der Waals surface area contributed by atoms with Gasteiger partial charge in [-0.15, -0.1) is 11.8 Å². The van der Waals surface area contributed by atoms with E-state index in [1.54, 1.807) is 23.9 Å². The Balaban J connectivity index is 3.09. The molecule has 64 valence electrons. The fraction of sp³-hybridized carbons (Fsp3) is 0.222. The van der Waals surface area contributed by atoms with E-state index in [1.165, 1.54) is 0 Å². The van der Waals surface area contributed by atoms with Crippen molar-refractivity contribution in [1.82, 2.24) is 0 Å². The van der Waals surface area contributed by atoms with Crippen molar-refractivity contribution < 1.29 is 5.11 Å². The first kappa shape index (κ1) is 9.55. The van der Waals surface area contributed by atoms with E-state index in [1.807, 2.05) is 19.2 Å². The summed E-state index contributed by atoms with van der Waals surface area (Å²) in [7, 11) is 0. The molecule has 1 rings (SSSR count). The standard InChI is InChI=1S/C9H10OS2/c1-6-5-7(10)3-4-8(6)9(11)12-2/h3-5,10H,1-2H3. The van der Waals surface area contributed by atoms with Gasteiger partial charge in [0.05, 0.1) is 4.20 Å². The normalized spacial score (nSPS) is 9.83. The lowest BCUT2D eigenvalue weighted by atomic mass is 10.1. The third-order valence-corrected chi connectivity index (χ3v) is 2.93. The third kappa shape index (κ3) is 1.99. The summed E-state index contributed by atoms with van der Waals surface area (Å²) in [6.07, 6.45) is 1.95. The quantitative estimate of drug-likeness (QED) is 0.701. The Morgan fingerprint density at radius 1 is 1.50 bits per heavy atom. The van der Waals surface area contributed by atoms with Gasteiger partial charge in [-0.2, -0.15) is 0 Å². The van der Waals surface area contributed by atoms with E-state index in [0.717, 1.165) is 15.3 Å². The minimum absolute atomic E-state index is 0.292. The van der Waals surface area contributed by atoms with E-state index in [4.69, 9.17) is 17.3 Å². The zero-order valence-electron chi connectivity index (χ0n) is 7.00. The molecule has 0 amide bonds. The SMILES string of the molecule is CSC(=S)c1ccc(O)cc1C. The molecule has 3 heteroatoms. The highest BCUT2D eigenvalue weighted by molar-refractivity contribution is 8.23. The molecule has 0 saturated carbocycles. The van der Waals surface area contributed by atoms with Crippen LogP contribution in [0.15, 0.2) is 18.2 Å². The summed E-state index contributed by atoms with van der Waals surface area (Å²) in [6.45, 7) is 1.94. The Morgan fingerprint density at radius 3 is 2.67 bits per heavy atom. The second-order valence-corrected chi connectivity index (χ2v) is 3.97. The monoisotopic (exact) mass is 198 g/mol. The Labute approximate surface area is 81.8 Å². The summed E-state index contributed by atoms with van der Waals surface area (Å²) < 4.78 is 0.868. The van der Waals surface area contributed by atoms with Crippen molar-refractivity contribution in [3.8, 4) is 5.75 Å². The smallest absolute Gasteiger partial charge is 0.115 e. The molecule has 0 heterocycles. The van der Waals surface area contributed by atoms with Crippen LogP contribution >= 0.6 is 24.0 Å². The summed E-state index contributed by atoms with van der Waals surface area (Å²) in [5.41, 5.74) is 2.06. The number of aromatic hydroxyl groups is 1. The number of thioether (sulfide) groups is 1. The van der Waals surface area contributed by atoms with Crippen molar-refractivity contribution in [3.63, 3.8) is 0 Å². The zero-order chi connectivity index (χ0) is 9.14. The molecule has 0 fully saturated rings. The maximum atomic E-state index is 9.14. The summed E-state index contributed by atoms with van der Waals surface area (Å²) in [6, 6.07) is 5.23. The molecule has 12 heavy (non-hydrogen) atoms. The van der Waals surface area contributed by atoms with E-state index in [-0.39, 0.29) is 0 Å². The topological polar surface area (TPSA) is 20.2 Å². The lowest BCUT2D eigenvalue weighted by Gasteiger charge is -2.04. The van der Waals surface area contributed by atoms with Crippen LogP contribution in [0.1, 0.15) is 11.1 Å². The van der Waals surface area contributed by atoms with Gasteiger partial charge in [-0.25, -0.2) is 0 Å². The molecular formula is C9H10OS2. The fourth-order valence-electron chi connectivity index (χ4n) is 0.987. The molecule has 1 N–H and O–H groups in total. The Bertz CT molecular complexity index is 307. The van der Waals surface area contributed by atoms with E-state index in [9.17, 15) is 0 Å². The van der Waals surface area contributed by atoms with Crippen LogP contribution in [-0.4, -0.2) is 15.6 Å². The number of thiocarbonyl (C=S) groups is 1. The Hall–Kier alpha value is -0.540. The Morgan fingerprint density at radius 2 is 2.17 bits per heavy atom. The highest BCUT2D eigenvalue weighted by Crippen LogP contribution is 2.19. The average Bonchev–Trinajstić information content (AvgIpc) is 2.03. The van der Waals surface area contributed by atoms with Gasteiger partial charge < -0.3 is 5.11 Å². The molecule has 1 aromatic rings. The number of benzene rings is 1. The maximum Gasteiger partial charge on any atom is 0.115 e. The van der Waals surface area contributed by atoms with Gasteiger partial charge in [0.25, 0.3) is 0 Å². The van der Waals surface area contributed by atoms with Gasteiger partial charge in [0.2, 0.25) is 0 Å². The molecule has 0 aromatic heterocycles. The van der Waals surface area contributed by atoms with Crippen molar-refractivity contribution in [2.24, 2.45) is 0 Å². The molecule has 0 spiro atoms. The van der Waals surface area contributed by atoms with Crippen LogP contribution in [0.4, 0.5) is 0 Å². The summed E-state index contributed by atoms with van der Waals surface area (Å²) >= 11 is 6.68. The number of hydrogen-bond donors (Lipinski definition) is 1. The van der Waals surface area contributed by atoms with Gasteiger partial charge in [-0.3, -0.25) is 0 Å². The lowest BCUT2D eigenvalue weighted by molar-refractivity contribution is 0.475. The summed E-state index contributed by atoms with van der Waals surface area (Å²) in [5.74, 6) is 0.292. The molecule has 0 aliphatic heterocycles. The summed E-state index contributed by atoms with van der Waals surface area (Å²) in [4.78, 5) is 0. The van der Waals surface area contributed by atoms with E-state index >= 15 is 0 Å². The van der Waals surface area contributed by atoms with Crippen LogP contribution in [0, 0.1) is 6.92 Å². The van der Waals surface area contributed by atoms with Crippen molar-refractivity contribution in [1.29, 1.82) is 0 Å². The van der Waals surface area contributed by atoms with Crippen LogP contribution in [0.5, 0.6) is 5.75 Å². The van der Waals surface area contributed by atoms with Crippen molar-refractivity contribution in [2.75, 3.05) is 6.26 Å². The highest BCUT2D eigenvalue weighted by Gasteiger charge is 2.03. The second-order valence-electron chi connectivity index (χ2n) is 2.49.